The molecule has 0 saturated heterocycles. The first-order valence-corrected chi connectivity index (χ1v) is 9.77. The number of aryl methyl sites for hydroxylation is 1. The molecule has 2 aromatic carbocycles. The summed E-state index contributed by atoms with van der Waals surface area (Å²) in [6.07, 6.45) is 1.63. The lowest BCUT2D eigenvalue weighted by molar-refractivity contribution is 0.101. The third-order valence-corrected chi connectivity index (χ3v) is 5.47. The van der Waals surface area contributed by atoms with Gasteiger partial charge in [0, 0.05) is 16.6 Å². The van der Waals surface area contributed by atoms with Gasteiger partial charge in [-0.3, -0.25) is 4.79 Å². The molecule has 0 saturated carbocycles. The molecule has 4 aromatic rings. The minimum atomic E-state index is -0.917. The minimum Gasteiger partial charge on any atom is -0.306 e. The van der Waals surface area contributed by atoms with Crippen LogP contribution in [0.1, 0.15) is 15.9 Å². The number of benzene rings is 2. The zero-order valence-electron chi connectivity index (χ0n) is 15.4. The van der Waals surface area contributed by atoms with E-state index >= 15 is 0 Å². The average molecular weight is 406 g/mol. The Morgan fingerprint density at radius 3 is 2.38 bits per heavy atom. The number of pyridine rings is 1. The van der Waals surface area contributed by atoms with Crippen LogP contribution >= 0.6 is 11.3 Å². The summed E-state index contributed by atoms with van der Waals surface area (Å²) < 4.78 is 27.5. The van der Waals surface area contributed by atoms with Crippen LogP contribution < -0.4 is 5.32 Å². The maximum absolute atomic E-state index is 13.8. The van der Waals surface area contributed by atoms with Crippen molar-refractivity contribution in [3.63, 3.8) is 0 Å². The van der Waals surface area contributed by atoms with E-state index in [1.54, 1.807) is 23.6 Å². The number of nitrogens with one attached hydrogen (secondary N) is 1. The normalized spacial score (nSPS) is 10.7. The van der Waals surface area contributed by atoms with E-state index in [0.29, 0.717) is 0 Å². The van der Waals surface area contributed by atoms with E-state index in [1.165, 1.54) is 10.9 Å². The van der Waals surface area contributed by atoms with Gasteiger partial charge in [-0.15, -0.1) is 11.3 Å². The second kappa shape index (κ2) is 7.93. The summed E-state index contributed by atoms with van der Waals surface area (Å²) in [6.45, 7) is 2.02. The molecule has 0 radical (unpaired) electrons. The van der Waals surface area contributed by atoms with E-state index in [9.17, 15) is 13.6 Å². The standard InChI is InChI=1S/C23H16F2N2OS/c1-14-7-8-15(20-6-3-11-29-20)12-17(14)16-9-10-21(26-13-16)27-23(28)22-18(24)4-2-5-19(22)25/h2-13H,1H3,(H,26,27,28). The number of thiophene rings is 1. The second-order valence-corrected chi connectivity index (χ2v) is 7.44. The van der Waals surface area contributed by atoms with Crippen LogP contribution in [0, 0.1) is 18.6 Å². The summed E-state index contributed by atoms with van der Waals surface area (Å²) in [6, 6.07) is 17.0. The summed E-state index contributed by atoms with van der Waals surface area (Å²) in [5.74, 6) is -2.49. The Morgan fingerprint density at radius 2 is 1.72 bits per heavy atom. The van der Waals surface area contributed by atoms with Gasteiger partial charge in [0.05, 0.1) is 0 Å². The highest BCUT2D eigenvalue weighted by Crippen LogP contribution is 2.31. The third kappa shape index (κ3) is 3.93. The molecule has 2 heterocycles. The lowest BCUT2D eigenvalue weighted by atomic mass is 9.99. The van der Waals surface area contributed by atoms with Crippen molar-refractivity contribution in [1.29, 1.82) is 0 Å². The number of hydrogen-bond acceptors (Lipinski definition) is 3. The van der Waals surface area contributed by atoms with Crippen molar-refractivity contribution >= 4 is 23.1 Å². The summed E-state index contributed by atoms with van der Waals surface area (Å²) in [5, 5.41) is 4.47. The molecular weight excluding hydrogens is 390 g/mol. The Balaban J connectivity index is 1.59. The van der Waals surface area contributed by atoms with Gasteiger partial charge >= 0.3 is 0 Å². The number of carbonyl (C=O) groups is 1. The van der Waals surface area contributed by atoms with Crippen molar-refractivity contribution in [3.05, 3.63) is 95.0 Å². The predicted octanol–water partition coefficient (Wildman–Crippen LogP) is 6.32. The molecule has 2 aromatic heterocycles. The van der Waals surface area contributed by atoms with E-state index in [0.717, 1.165) is 34.4 Å². The van der Waals surface area contributed by atoms with Gasteiger partial charge in [0.2, 0.25) is 0 Å². The number of hydrogen-bond donors (Lipinski definition) is 1. The number of anilines is 1. The number of halogens is 2. The lowest BCUT2D eigenvalue weighted by Gasteiger charge is -2.10. The van der Waals surface area contributed by atoms with Crippen molar-refractivity contribution in [2.24, 2.45) is 0 Å². The highest BCUT2D eigenvalue weighted by molar-refractivity contribution is 7.13. The van der Waals surface area contributed by atoms with E-state index < -0.39 is 23.1 Å². The topological polar surface area (TPSA) is 42.0 Å². The van der Waals surface area contributed by atoms with Gasteiger partial charge in [-0.25, -0.2) is 13.8 Å². The molecule has 0 atom stereocenters. The molecule has 0 unspecified atom stereocenters. The largest absolute Gasteiger partial charge is 0.306 e. The number of carbonyl (C=O) groups excluding carboxylic acids is 1. The molecule has 1 N–H and O–H groups in total. The number of aromatic nitrogens is 1. The van der Waals surface area contributed by atoms with Crippen LogP contribution in [-0.4, -0.2) is 10.9 Å². The first-order valence-electron chi connectivity index (χ1n) is 8.89. The van der Waals surface area contributed by atoms with E-state index in [1.807, 2.05) is 24.4 Å². The fourth-order valence-corrected chi connectivity index (χ4v) is 3.77. The van der Waals surface area contributed by atoms with E-state index in [4.69, 9.17) is 0 Å². The van der Waals surface area contributed by atoms with Gasteiger partial charge in [-0.2, -0.15) is 0 Å². The maximum Gasteiger partial charge on any atom is 0.262 e. The van der Waals surface area contributed by atoms with E-state index in [-0.39, 0.29) is 5.82 Å². The third-order valence-electron chi connectivity index (χ3n) is 4.55. The quantitative estimate of drug-likeness (QED) is 0.431. The number of amides is 1. The minimum absolute atomic E-state index is 0.216. The molecule has 29 heavy (non-hydrogen) atoms. The van der Waals surface area contributed by atoms with Gasteiger partial charge in [0.15, 0.2) is 0 Å². The molecule has 3 nitrogen and oxygen atoms in total. The van der Waals surface area contributed by atoms with Gasteiger partial charge < -0.3 is 5.32 Å². The van der Waals surface area contributed by atoms with Crippen molar-refractivity contribution in [3.8, 4) is 21.6 Å². The molecule has 6 heteroatoms. The van der Waals surface area contributed by atoms with Crippen LogP contribution in [0.4, 0.5) is 14.6 Å². The first kappa shape index (κ1) is 19.0. The predicted molar refractivity (Wildman–Crippen MR) is 112 cm³/mol. The monoisotopic (exact) mass is 406 g/mol. The Morgan fingerprint density at radius 1 is 0.966 bits per heavy atom. The molecule has 0 aliphatic heterocycles. The molecular formula is C23H16F2N2OS. The zero-order chi connectivity index (χ0) is 20.4. The number of nitrogens with zero attached hydrogens (tertiary/aromatic N) is 1. The SMILES string of the molecule is Cc1ccc(-c2cccs2)cc1-c1ccc(NC(=O)c2c(F)cccc2F)nc1. The van der Waals surface area contributed by atoms with Crippen LogP contribution in [0.15, 0.2) is 72.2 Å². The Kier molecular flexibility index (Phi) is 5.18. The number of rotatable bonds is 4. The Labute approximate surface area is 170 Å². The van der Waals surface area contributed by atoms with Crippen LogP contribution in [-0.2, 0) is 0 Å². The highest BCUT2D eigenvalue weighted by atomic mass is 32.1. The summed E-state index contributed by atoms with van der Waals surface area (Å²) in [4.78, 5) is 17.6. The van der Waals surface area contributed by atoms with Crippen LogP contribution in [0.25, 0.3) is 21.6 Å². The molecule has 144 valence electrons. The molecule has 0 bridgehead atoms. The van der Waals surface area contributed by atoms with Gasteiger partial charge in [0.25, 0.3) is 5.91 Å². The summed E-state index contributed by atoms with van der Waals surface area (Å²) in [7, 11) is 0. The fraction of sp³-hybridized carbons (Fsp3) is 0.0435. The first-order chi connectivity index (χ1) is 14.0. The highest BCUT2D eigenvalue weighted by Gasteiger charge is 2.17. The van der Waals surface area contributed by atoms with Crippen LogP contribution in [0.2, 0.25) is 0 Å². The van der Waals surface area contributed by atoms with Crippen molar-refractivity contribution in [2.45, 2.75) is 6.92 Å². The fourth-order valence-electron chi connectivity index (χ4n) is 3.05. The Bertz CT molecular complexity index is 1150. The van der Waals surface area contributed by atoms with E-state index in [2.05, 4.69) is 34.6 Å². The lowest BCUT2D eigenvalue weighted by Crippen LogP contribution is -2.16. The summed E-state index contributed by atoms with van der Waals surface area (Å²) in [5.41, 5.74) is 3.50. The zero-order valence-corrected chi connectivity index (χ0v) is 16.3. The van der Waals surface area contributed by atoms with Gasteiger partial charge in [-0.05, 0) is 65.4 Å². The average Bonchev–Trinajstić information content (AvgIpc) is 3.24. The molecule has 1 amide bonds. The molecule has 0 fully saturated rings. The van der Waals surface area contributed by atoms with Crippen LogP contribution in [0.5, 0.6) is 0 Å². The van der Waals surface area contributed by atoms with Crippen molar-refractivity contribution in [2.75, 3.05) is 5.32 Å². The van der Waals surface area contributed by atoms with Crippen LogP contribution in [0.3, 0.4) is 0 Å². The smallest absolute Gasteiger partial charge is 0.262 e. The molecule has 4 rings (SSSR count). The molecule has 0 aliphatic carbocycles. The van der Waals surface area contributed by atoms with Crippen molar-refractivity contribution in [1.82, 2.24) is 4.98 Å². The van der Waals surface area contributed by atoms with Gasteiger partial charge in [-0.1, -0.05) is 24.3 Å². The second-order valence-electron chi connectivity index (χ2n) is 6.49. The van der Waals surface area contributed by atoms with Crippen molar-refractivity contribution < 1.29 is 13.6 Å². The maximum atomic E-state index is 13.8. The van der Waals surface area contributed by atoms with Gasteiger partial charge in [0.1, 0.15) is 23.0 Å². The molecule has 0 aliphatic rings. The Hall–Kier alpha value is -3.38. The summed E-state index contributed by atoms with van der Waals surface area (Å²) >= 11 is 1.67. The molecule has 0 spiro atoms.